The molecule has 0 aliphatic rings. The average Bonchev–Trinajstić information content (AvgIpc) is 2.99. The van der Waals surface area contributed by atoms with Crippen LogP contribution in [-0.2, 0) is 4.79 Å². The number of hydrogen-bond donors (Lipinski definition) is 3. The van der Waals surface area contributed by atoms with Crippen molar-refractivity contribution < 1.29 is 28.2 Å². The summed E-state index contributed by atoms with van der Waals surface area (Å²) in [6, 6.07) is 9.38. The van der Waals surface area contributed by atoms with Gasteiger partial charge < -0.3 is 20.1 Å². The highest BCUT2D eigenvalue weighted by Crippen LogP contribution is 2.22. The zero-order chi connectivity index (χ0) is 18.0. The van der Waals surface area contributed by atoms with E-state index in [-0.39, 0.29) is 11.4 Å². The van der Waals surface area contributed by atoms with E-state index in [9.17, 15) is 18.4 Å². The third-order valence-electron chi connectivity index (χ3n) is 3.38. The van der Waals surface area contributed by atoms with Gasteiger partial charge in [-0.3, -0.25) is 4.79 Å². The van der Waals surface area contributed by atoms with E-state index in [1.165, 1.54) is 12.1 Å². The van der Waals surface area contributed by atoms with Crippen LogP contribution in [0.15, 0.2) is 42.5 Å². The summed E-state index contributed by atoms with van der Waals surface area (Å²) in [6.45, 7) is -0.473. The molecule has 3 N–H and O–H groups in total. The predicted molar refractivity (Wildman–Crippen MR) is 85.7 cm³/mol. The molecular formula is C17H12F2N2O4. The van der Waals surface area contributed by atoms with E-state index in [1.807, 2.05) is 0 Å². The number of carboxylic acids is 1. The topological polar surface area (TPSA) is 91.4 Å². The van der Waals surface area contributed by atoms with Gasteiger partial charge in [-0.15, -0.1) is 0 Å². The molecule has 2 aromatic carbocycles. The summed E-state index contributed by atoms with van der Waals surface area (Å²) >= 11 is 0. The molecule has 1 heterocycles. The molecule has 0 spiro atoms. The first-order valence-corrected chi connectivity index (χ1v) is 7.16. The number of hydrogen-bond acceptors (Lipinski definition) is 3. The summed E-state index contributed by atoms with van der Waals surface area (Å²) in [5, 5.41) is 11.7. The first kappa shape index (κ1) is 16.4. The quantitative estimate of drug-likeness (QED) is 0.662. The summed E-state index contributed by atoms with van der Waals surface area (Å²) in [7, 11) is 0. The maximum atomic E-state index is 13.2. The van der Waals surface area contributed by atoms with Crippen LogP contribution < -0.4 is 10.1 Å². The van der Waals surface area contributed by atoms with Crippen molar-refractivity contribution >= 4 is 28.5 Å². The number of anilines is 1. The zero-order valence-electron chi connectivity index (χ0n) is 12.7. The lowest BCUT2D eigenvalue weighted by molar-refractivity contribution is -0.139. The smallest absolute Gasteiger partial charge is 0.341 e. The van der Waals surface area contributed by atoms with Crippen molar-refractivity contribution in [1.29, 1.82) is 0 Å². The number of carbonyl (C=O) groups excluding carboxylic acids is 1. The minimum absolute atomic E-state index is 0.119. The molecule has 0 saturated carbocycles. The average molecular weight is 346 g/mol. The van der Waals surface area contributed by atoms with Crippen LogP contribution in [0.5, 0.6) is 5.75 Å². The fourth-order valence-corrected chi connectivity index (χ4v) is 2.24. The lowest BCUT2D eigenvalue weighted by atomic mass is 10.2. The Bertz CT molecular complexity index is 968. The van der Waals surface area contributed by atoms with Crippen LogP contribution in [0, 0.1) is 11.6 Å². The van der Waals surface area contributed by atoms with Crippen molar-refractivity contribution in [2.24, 2.45) is 0 Å². The van der Waals surface area contributed by atoms with Crippen LogP contribution in [0.2, 0.25) is 0 Å². The standard InChI is InChI=1S/C17H12F2N2O4/c18-12-3-1-10(7-13(12)19)20-17(24)15-6-9-5-11(25-8-16(22)23)2-4-14(9)21-15/h1-7,21H,8H2,(H,20,24)(H,22,23). The minimum Gasteiger partial charge on any atom is -0.482 e. The van der Waals surface area contributed by atoms with Crippen LogP contribution in [0.3, 0.4) is 0 Å². The first-order chi connectivity index (χ1) is 11.9. The third kappa shape index (κ3) is 3.74. The molecule has 0 saturated heterocycles. The Morgan fingerprint density at radius 1 is 1.08 bits per heavy atom. The highest BCUT2D eigenvalue weighted by molar-refractivity contribution is 6.06. The van der Waals surface area contributed by atoms with Crippen molar-refractivity contribution in [1.82, 2.24) is 4.98 Å². The summed E-state index contributed by atoms with van der Waals surface area (Å²) in [5.41, 5.74) is 0.960. The van der Waals surface area contributed by atoms with Crippen LogP contribution >= 0.6 is 0 Å². The van der Waals surface area contributed by atoms with Gasteiger partial charge in [-0.05, 0) is 36.4 Å². The van der Waals surface area contributed by atoms with Crippen molar-refractivity contribution in [3.8, 4) is 5.75 Å². The number of halogens is 2. The summed E-state index contributed by atoms with van der Waals surface area (Å²) in [6.07, 6.45) is 0. The molecule has 6 nitrogen and oxygen atoms in total. The number of fused-ring (bicyclic) bond motifs is 1. The number of ether oxygens (including phenoxy) is 1. The Kier molecular flexibility index (Phi) is 4.34. The predicted octanol–water partition coefficient (Wildman–Crippen LogP) is 3.16. The molecule has 3 rings (SSSR count). The lowest BCUT2D eigenvalue weighted by Crippen LogP contribution is -2.12. The van der Waals surface area contributed by atoms with Crippen molar-refractivity contribution in [2.45, 2.75) is 0 Å². The molecule has 25 heavy (non-hydrogen) atoms. The minimum atomic E-state index is -1.10. The number of aromatic amines is 1. The second-order valence-corrected chi connectivity index (χ2v) is 5.20. The number of rotatable bonds is 5. The molecule has 0 aliphatic heterocycles. The second kappa shape index (κ2) is 6.60. The van der Waals surface area contributed by atoms with E-state index in [1.54, 1.807) is 18.2 Å². The van der Waals surface area contributed by atoms with E-state index in [2.05, 4.69) is 10.3 Å². The Hall–Kier alpha value is -3.42. The zero-order valence-corrected chi connectivity index (χ0v) is 12.7. The number of nitrogens with one attached hydrogen (secondary N) is 2. The molecule has 3 aromatic rings. The van der Waals surface area contributed by atoms with Gasteiger partial charge in [0, 0.05) is 22.7 Å². The molecule has 1 aromatic heterocycles. The van der Waals surface area contributed by atoms with Gasteiger partial charge in [-0.1, -0.05) is 0 Å². The SMILES string of the molecule is O=C(O)COc1ccc2[nH]c(C(=O)Nc3ccc(F)c(F)c3)cc2c1. The molecule has 8 heteroatoms. The molecule has 0 bridgehead atoms. The summed E-state index contributed by atoms with van der Waals surface area (Å²) in [4.78, 5) is 25.6. The van der Waals surface area contributed by atoms with E-state index < -0.39 is 30.1 Å². The Balaban J connectivity index is 1.79. The number of amides is 1. The molecule has 0 atom stereocenters. The fraction of sp³-hybridized carbons (Fsp3) is 0.0588. The number of carbonyl (C=O) groups is 2. The molecule has 0 fully saturated rings. The molecule has 0 unspecified atom stereocenters. The summed E-state index contributed by atoms with van der Waals surface area (Å²) in [5.74, 6) is -3.34. The number of H-pyrrole nitrogens is 1. The van der Waals surface area contributed by atoms with E-state index >= 15 is 0 Å². The van der Waals surface area contributed by atoms with E-state index in [0.717, 1.165) is 12.1 Å². The van der Waals surface area contributed by atoms with Crippen molar-refractivity contribution in [3.63, 3.8) is 0 Å². The summed E-state index contributed by atoms with van der Waals surface area (Å²) < 4.78 is 31.2. The second-order valence-electron chi connectivity index (χ2n) is 5.20. The number of aromatic nitrogens is 1. The Morgan fingerprint density at radius 3 is 2.60 bits per heavy atom. The van der Waals surface area contributed by atoms with Crippen LogP contribution in [0.25, 0.3) is 10.9 Å². The van der Waals surface area contributed by atoms with E-state index in [0.29, 0.717) is 16.7 Å². The number of benzene rings is 2. The van der Waals surface area contributed by atoms with Gasteiger partial charge in [-0.25, -0.2) is 13.6 Å². The monoisotopic (exact) mass is 346 g/mol. The van der Waals surface area contributed by atoms with E-state index in [4.69, 9.17) is 9.84 Å². The van der Waals surface area contributed by atoms with Gasteiger partial charge in [0.25, 0.3) is 5.91 Å². The normalized spacial score (nSPS) is 10.6. The number of carboxylic acid groups (broad SMARTS) is 1. The van der Waals surface area contributed by atoms with Crippen molar-refractivity contribution in [2.75, 3.05) is 11.9 Å². The van der Waals surface area contributed by atoms with Gasteiger partial charge in [-0.2, -0.15) is 0 Å². The molecule has 128 valence electrons. The third-order valence-corrected chi connectivity index (χ3v) is 3.38. The van der Waals surface area contributed by atoms with Gasteiger partial charge in [0.15, 0.2) is 18.2 Å². The first-order valence-electron chi connectivity index (χ1n) is 7.16. The molecule has 0 radical (unpaired) electrons. The van der Waals surface area contributed by atoms with Crippen LogP contribution in [-0.4, -0.2) is 28.6 Å². The lowest BCUT2D eigenvalue weighted by Gasteiger charge is -2.03. The Morgan fingerprint density at radius 2 is 1.88 bits per heavy atom. The highest BCUT2D eigenvalue weighted by atomic mass is 19.2. The van der Waals surface area contributed by atoms with Crippen LogP contribution in [0.4, 0.5) is 14.5 Å². The maximum absolute atomic E-state index is 13.2. The van der Waals surface area contributed by atoms with Gasteiger partial charge >= 0.3 is 5.97 Å². The Labute approximate surface area is 140 Å². The van der Waals surface area contributed by atoms with Gasteiger partial charge in [0.2, 0.25) is 0 Å². The highest BCUT2D eigenvalue weighted by Gasteiger charge is 2.12. The molecule has 0 aliphatic carbocycles. The fourth-order valence-electron chi connectivity index (χ4n) is 2.24. The van der Waals surface area contributed by atoms with Crippen molar-refractivity contribution in [3.05, 3.63) is 59.8 Å². The molecular weight excluding hydrogens is 334 g/mol. The molecule has 1 amide bonds. The van der Waals surface area contributed by atoms with Gasteiger partial charge in [0.05, 0.1) is 0 Å². The number of aliphatic carboxylic acids is 1. The van der Waals surface area contributed by atoms with Crippen LogP contribution in [0.1, 0.15) is 10.5 Å². The largest absolute Gasteiger partial charge is 0.482 e. The maximum Gasteiger partial charge on any atom is 0.341 e. The van der Waals surface area contributed by atoms with Gasteiger partial charge in [0.1, 0.15) is 11.4 Å².